The van der Waals surface area contributed by atoms with Crippen molar-refractivity contribution >= 4 is 10.0 Å². The maximum Gasteiger partial charge on any atom is 0.240 e. The standard InChI is InChI=1S/C14H20FN3O2S/c1-11(10-18(2)3)17-21(19,20)13-7-6-12(5-4-8-16)14(15)9-13/h6-7,9,11,17H,8,10,16H2,1-3H3. The number of nitrogens with one attached hydrogen (secondary N) is 1. The Labute approximate surface area is 125 Å². The van der Waals surface area contributed by atoms with Gasteiger partial charge in [-0.2, -0.15) is 0 Å². The van der Waals surface area contributed by atoms with Crippen LogP contribution in [0.2, 0.25) is 0 Å². The summed E-state index contributed by atoms with van der Waals surface area (Å²) >= 11 is 0. The van der Waals surface area contributed by atoms with Gasteiger partial charge in [0, 0.05) is 12.6 Å². The van der Waals surface area contributed by atoms with Crippen molar-refractivity contribution in [3.05, 3.63) is 29.6 Å². The Bertz CT molecular complexity index is 648. The Morgan fingerprint density at radius 1 is 1.43 bits per heavy atom. The number of nitrogens with two attached hydrogens (primary N) is 1. The molecule has 0 amide bonds. The van der Waals surface area contributed by atoms with Crippen LogP contribution in [-0.4, -0.2) is 46.5 Å². The summed E-state index contributed by atoms with van der Waals surface area (Å²) in [6, 6.07) is 3.34. The zero-order valence-electron chi connectivity index (χ0n) is 12.4. The summed E-state index contributed by atoms with van der Waals surface area (Å²) in [5.74, 6) is 4.39. The van der Waals surface area contributed by atoms with Gasteiger partial charge in [-0.15, -0.1) is 0 Å². The fraction of sp³-hybridized carbons (Fsp3) is 0.429. The van der Waals surface area contributed by atoms with Gasteiger partial charge in [-0.1, -0.05) is 11.8 Å². The molecule has 0 heterocycles. The summed E-state index contributed by atoms with van der Waals surface area (Å²) in [5.41, 5.74) is 5.34. The number of likely N-dealkylation sites (N-methyl/N-ethyl adjacent to an activating group) is 1. The second-order valence-corrected chi connectivity index (χ2v) is 6.65. The number of benzene rings is 1. The lowest BCUT2D eigenvalue weighted by Gasteiger charge is -2.18. The molecule has 21 heavy (non-hydrogen) atoms. The molecular formula is C14H20FN3O2S. The number of sulfonamides is 1. The highest BCUT2D eigenvalue weighted by Gasteiger charge is 2.19. The molecule has 0 saturated carbocycles. The van der Waals surface area contributed by atoms with Crippen molar-refractivity contribution in [2.24, 2.45) is 5.73 Å². The summed E-state index contributed by atoms with van der Waals surface area (Å²) in [6.45, 7) is 2.40. The highest BCUT2D eigenvalue weighted by Crippen LogP contribution is 2.14. The summed E-state index contributed by atoms with van der Waals surface area (Å²) in [6.07, 6.45) is 0. The molecule has 1 aromatic carbocycles. The molecule has 0 aliphatic carbocycles. The molecule has 0 saturated heterocycles. The van der Waals surface area contributed by atoms with E-state index in [-0.39, 0.29) is 23.0 Å². The lowest BCUT2D eigenvalue weighted by atomic mass is 10.2. The van der Waals surface area contributed by atoms with Gasteiger partial charge in [0.05, 0.1) is 17.0 Å². The Morgan fingerprint density at radius 2 is 2.10 bits per heavy atom. The molecule has 5 nitrogen and oxygen atoms in total. The third kappa shape index (κ3) is 5.44. The van der Waals surface area contributed by atoms with Crippen molar-refractivity contribution in [3.63, 3.8) is 0 Å². The van der Waals surface area contributed by atoms with Gasteiger partial charge in [0.2, 0.25) is 10.0 Å². The van der Waals surface area contributed by atoms with Gasteiger partial charge in [-0.3, -0.25) is 0 Å². The molecular weight excluding hydrogens is 293 g/mol. The van der Waals surface area contributed by atoms with Gasteiger partial charge in [-0.05, 0) is 39.2 Å². The highest BCUT2D eigenvalue weighted by molar-refractivity contribution is 7.89. The van der Waals surface area contributed by atoms with Gasteiger partial charge < -0.3 is 10.6 Å². The van der Waals surface area contributed by atoms with Crippen molar-refractivity contribution in [1.29, 1.82) is 0 Å². The van der Waals surface area contributed by atoms with Crippen LogP contribution in [0.5, 0.6) is 0 Å². The fourth-order valence-electron chi connectivity index (χ4n) is 1.83. The molecule has 3 N–H and O–H groups in total. The Balaban J connectivity index is 2.97. The van der Waals surface area contributed by atoms with Crippen molar-refractivity contribution in [2.75, 3.05) is 27.2 Å². The molecule has 0 aliphatic rings. The average Bonchev–Trinajstić information content (AvgIpc) is 2.35. The molecule has 7 heteroatoms. The van der Waals surface area contributed by atoms with E-state index in [2.05, 4.69) is 16.6 Å². The SMILES string of the molecule is CC(CN(C)C)NS(=O)(=O)c1ccc(C#CCN)c(F)c1. The van der Waals surface area contributed by atoms with Crippen LogP contribution in [0.4, 0.5) is 4.39 Å². The summed E-state index contributed by atoms with van der Waals surface area (Å²) < 4.78 is 40.6. The predicted molar refractivity (Wildman–Crippen MR) is 80.7 cm³/mol. The first-order chi connectivity index (χ1) is 9.76. The summed E-state index contributed by atoms with van der Waals surface area (Å²) in [5, 5.41) is 0. The van der Waals surface area contributed by atoms with Gasteiger partial charge in [0.1, 0.15) is 5.82 Å². The van der Waals surface area contributed by atoms with Crippen LogP contribution in [-0.2, 0) is 10.0 Å². The average molecular weight is 313 g/mol. The van der Waals surface area contributed by atoms with Crippen molar-refractivity contribution in [2.45, 2.75) is 17.9 Å². The monoisotopic (exact) mass is 313 g/mol. The Morgan fingerprint density at radius 3 is 2.62 bits per heavy atom. The number of nitrogens with zero attached hydrogens (tertiary/aromatic N) is 1. The van der Waals surface area contributed by atoms with E-state index in [1.807, 2.05) is 19.0 Å². The predicted octanol–water partition coefficient (Wildman–Crippen LogP) is 0.364. The highest BCUT2D eigenvalue weighted by atomic mass is 32.2. The van der Waals surface area contributed by atoms with Crippen molar-refractivity contribution in [1.82, 2.24) is 9.62 Å². The van der Waals surface area contributed by atoms with Gasteiger partial charge in [-0.25, -0.2) is 17.5 Å². The normalized spacial score (nSPS) is 12.9. The maximum absolute atomic E-state index is 13.8. The number of halogens is 1. The minimum Gasteiger partial charge on any atom is -0.320 e. The van der Waals surface area contributed by atoms with Crippen LogP contribution in [0, 0.1) is 17.7 Å². The van der Waals surface area contributed by atoms with Crippen LogP contribution in [0.3, 0.4) is 0 Å². The van der Waals surface area contributed by atoms with Crippen LogP contribution < -0.4 is 10.5 Å². The smallest absolute Gasteiger partial charge is 0.240 e. The van der Waals surface area contributed by atoms with E-state index in [4.69, 9.17) is 5.73 Å². The zero-order valence-corrected chi connectivity index (χ0v) is 13.2. The minimum absolute atomic E-state index is 0.114. The molecule has 0 aliphatic heterocycles. The van der Waals surface area contributed by atoms with Crippen LogP contribution >= 0.6 is 0 Å². The second kappa shape index (κ2) is 7.52. The lowest BCUT2D eigenvalue weighted by Crippen LogP contribution is -2.39. The third-order valence-corrected chi connectivity index (χ3v) is 4.16. The number of hydrogen-bond donors (Lipinski definition) is 2. The van der Waals surface area contributed by atoms with E-state index in [1.165, 1.54) is 12.1 Å². The summed E-state index contributed by atoms with van der Waals surface area (Å²) in [7, 11) is -0.0692. The minimum atomic E-state index is -3.75. The molecule has 1 rings (SSSR count). The van der Waals surface area contributed by atoms with Crippen LogP contribution in [0.15, 0.2) is 23.1 Å². The van der Waals surface area contributed by atoms with Crippen molar-refractivity contribution in [3.8, 4) is 11.8 Å². The van der Waals surface area contributed by atoms with E-state index < -0.39 is 15.8 Å². The van der Waals surface area contributed by atoms with E-state index in [1.54, 1.807) is 6.92 Å². The Hall–Kier alpha value is -1.46. The van der Waals surface area contributed by atoms with Gasteiger partial charge in [0.15, 0.2) is 0 Å². The Kier molecular flexibility index (Phi) is 6.30. The molecule has 1 atom stereocenters. The molecule has 116 valence electrons. The molecule has 0 bridgehead atoms. The lowest BCUT2D eigenvalue weighted by molar-refractivity contribution is 0.370. The topological polar surface area (TPSA) is 75.4 Å². The first-order valence-corrected chi connectivity index (χ1v) is 7.90. The van der Waals surface area contributed by atoms with E-state index in [0.29, 0.717) is 6.54 Å². The first kappa shape index (κ1) is 17.6. The third-order valence-electron chi connectivity index (χ3n) is 2.57. The summed E-state index contributed by atoms with van der Waals surface area (Å²) in [4.78, 5) is 1.74. The zero-order chi connectivity index (χ0) is 16.0. The largest absolute Gasteiger partial charge is 0.320 e. The molecule has 1 unspecified atom stereocenters. The van der Waals surface area contributed by atoms with Crippen molar-refractivity contribution < 1.29 is 12.8 Å². The van der Waals surface area contributed by atoms with Crippen LogP contribution in [0.1, 0.15) is 12.5 Å². The maximum atomic E-state index is 13.8. The quantitative estimate of drug-likeness (QED) is 0.770. The molecule has 0 spiro atoms. The number of hydrogen-bond acceptors (Lipinski definition) is 4. The van der Waals surface area contributed by atoms with E-state index in [0.717, 1.165) is 6.07 Å². The van der Waals surface area contributed by atoms with E-state index in [9.17, 15) is 12.8 Å². The van der Waals surface area contributed by atoms with Gasteiger partial charge in [0.25, 0.3) is 0 Å². The van der Waals surface area contributed by atoms with Crippen LogP contribution in [0.25, 0.3) is 0 Å². The second-order valence-electron chi connectivity index (χ2n) is 4.93. The molecule has 0 radical (unpaired) electrons. The fourth-order valence-corrected chi connectivity index (χ4v) is 3.07. The molecule has 0 fully saturated rings. The van der Waals surface area contributed by atoms with E-state index >= 15 is 0 Å². The van der Waals surface area contributed by atoms with Gasteiger partial charge >= 0.3 is 0 Å². The number of rotatable bonds is 5. The molecule has 0 aromatic heterocycles. The first-order valence-electron chi connectivity index (χ1n) is 6.42. The molecule has 1 aromatic rings.